The van der Waals surface area contributed by atoms with Crippen molar-refractivity contribution in [3.05, 3.63) is 0 Å². The Balaban J connectivity index is 2.15. The molecule has 2 aliphatic rings. The SMILES string of the molecule is CCC(C)(OCC(OC(C(N)O)C(CC)(CC)OCC1OC(OCCCNC(=O)CCCS)C(N)C(O)C1O)C(C)O)C1OC(CO)C(O)C(O)C1N. The molecule has 0 aliphatic carbocycles. The van der Waals surface area contributed by atoms with Crippen LogP contribution in [0.15, 0.2) is 0 Å². The second kappa shape index (κ2) is 22.8. The molecule has 2 saturated heterocycles. The van der Waals surface area contributed by atoms with E-state index in [2.05, 4.69) is 17.9 Å². The van der Waals surface area contributed by atoms with Crippen molar-refractivity contribution in [2.24, 2.45) is 17.2 Å². The number of nitrogens with two attached hydrogens (primary N) is 3. The van der Waals surface area contributed by atoms with Crippen LogP contribution < -0.4 is 22.5 Å². The van der Waals surface area contributed by atoms with E-state index in [1.54, 1.807) is 27.7 Å². The van der Waals surface area contributed by atoms with Crippen LogP contribution in [0, 0.1) is 0 Å². The van der Waals surface area contributed by atoms with Crippen LogP contribution in [0.5, 0.6) is 0 Å². The van der Waals surface area contributed by atoms with E-state index in [-0.39, 0.29) is 38.6 Å². The molecule has 314 valence electrons. The Morgan fingerprint density at radius 3 is 2.09 bits per heavy atom. The Morgan fingerprint density at radius 2 is 1.55 bits per heavy atom. The van der Waals surface area contributed by atoms with Gasteiger partial charge in [-0.15, -0.1) is 0 Å². The molecule has 2 aliphatic heterocycles. The Kier molecular flexibility index (Phi) is 20.8. The monoisotopic (exact) mass is 788 g/mol. The van der Waals surface area contributed by atoms with Gasteiger partial charge in [-0.2, -0.15) is 12.6 Å². The molecule has 0 bridgehead atoms. The minimum atomic E-state index is -1.61. The maximum absolute atomic E-state index is 11.8. The minimum Gasteiger partial charge on any atom is -0.394 e. The summed E-state index contributed by atoms with van der Waals surface area (Å²) < 4.78 is 36.5. The lowest BCUT2D eigenvalue weighted by Gasteiger charge is -2.48. The van der Waals surface area contributed by atoms with E-state index < -0.39 is 103 Å². The van der Waals surface area contributed by atoms with Gasteiger partial charge in [-0.25, -0.2) is 0 Å². The number of nitrogens with one attached hydrogen (secondary N) is 1. The highest BCUT2D eigenvalue weighted by Gasteiger charge is 2.51. The van der Waals surface area contributed by atoms with Crippen molar-refractivity contribution in [2.75, 3.05) is 38.7 Å². The third-order valence-electron chi connectivity index (χ3n) is 10.5. The number of carbonyl (C=O) groups is 1. The summed E-state index contributed by atoms with van der Waals surface area (Å²) in [6.45, 7) is 7.93. The normalized spacial score (nSPS) is 33.1. The third kappa shape index (κ3) is 12.8. The molecule has 15 unspecified atom stereocenters. The minimum absolute atomic E-state index is 0.0923. The maximum atomic E-state index is 11.8. The molecule has 0 aromatic heterocycles. The van der Waals surface area contributed by atoms with Crippen LogP contribution in [0.1, 0.15) is 73.1 Å². The smallest absolute Gasteiger partial charge is 0.220 e. The molecule has 15 atom stereocenters. The predicted octanol–water partition coefficient (Wildman–Crippen LogP) is -3.03. The van der Waals surface area contributed by atoms with Crippen molar-refractivity contribution in [3.63, 3.8) is 0 Å². The van der Waals surface area contributed by atoms with E-state index in [9.17, 15) is 40.5 Å². The van der Waals surface area contributed by atoms with Gasteiger partial charge in [-0.1, -0.05) is 20.8 Å². The van der Waals surface area contributed by atoms with Gasteiger partial charge in [0.05, 0.1) is 55.8 Å². The van der Waals surface area contributed by atoms with Gasteiger partial charge in [0, 0.05) is 13.0 Å². The third-order valence-corrected chi connectivity index (χ3v) is 10.8. The summed E-state index contributed by atoms with van der Waals surface area (Å²) in [5, 5.41) is 76.6. The van der Waals surface area contributed by atoms with Crippen molar-refractivity contribution in [3.8, 4) is 0 Å². The number of thiol groups is 1. The van der Waals surface area contributed by atoms with Crippen LogP contribution in [0.4, 0.5) is 0 Å². The number of ether oxygens (including phenoxy) is 6. The van der Waals surface area contributed by atoms with Gasteiger partial charge < -0.3 is 86.7 Å². The zero-order valence-electron chi connectivity index (χ0n) is 31.7. The van der Waals surface area contributed by atoms with Crippen LogP contribution >= 0.6 is 12.6 Å². The molecule has 18 nitrogen and oxygen atoms in total. The standard InChI is InChI=1S/C34H68N4O14S/c1-6-33(5,29-23(35)27(44)25(42)19(15-39)50-29)48-16-20(18(4)40)51-30(31(37)46)34(7-2,8-3)49-17-21-26(43)28(45)24(36)32(52-21)47-13-10-12-38-22(41)11-9-14-53/h18-21,23-32,39-40,42-46,53H,6-17,35-37H2,1-5H3,(H,38,41). The van der Waals surface area contributed by atoms with Gasteiger partial charge in [0.15, 0.2) is 6.29 Å². The highest BCUT2D eigenvalue weighted by atomic mass is 32.1. The van der Waals surface area contributed by atoms with Crippen molar-refractivity contribution in [1.82, 2.24) is 5.32 Å². The maximum Gasteiger partial charge on any atom is 0.220 e. The lowest BCUT2D eigenvalue weighted by Crippen LogP contribution is -2.68. The molecule has 2 fully saturated rings. The quantitative estimate of drug-likeness (QED) is 0.0263. The van der Waals surface area contributed by atoms with Crippen LogP contribution in [0.2, 0.25) is 0 Å². The number of aliphatic hydroxyl groups is 7. The second-order valence-electron chi connectivity index (χ2n) is 14.2. The fraction of sp³-hybridized carbons (Fsp3) is 0.971. The summed E-state index contributed by atoms with van der Waals surface area (Å²) in [6.07, 6.45) is -12.7. The van der Waals surface area contributed by atoms with Crippen molar-refractivity contribution in [2.45, 2.75) is 170 Å². The molecule has 0 radical (unpaired) electrons. The highest BCUT2D eigenvalue weighted by Crippen LogP contribution is 2.35. The van der Waals surface area contributed by atoms with Gasteiger partial charge in [0.25, 0.3) is 0 Å². The summed E-state index contributed by atoms with van der Waals surface area (Å²) in [5.41, 5.74) is 16.0. The van der Waals surface area contributed by atoms with Gasteiger partial charge in [0.2, 0.25) is 5.91 Å². The molecule has 0 spiro atoms. The molecule has 19 heteroatoms. The first-order chi connectivity index (χ1) is 25.0. The molecule has 0 aromatic rings. The molecular weight excluding hydrogens is 720 g/mol. The predicted molar refractivity (Wildman–Crippen MR) is 196 cm³/mol. The van der Waals surface area contributed by atoms with Gasteiger partial charge in [-0.3, -0.25) is 4.79 Å². The molecular formula is C34H68N4O14S. The van der Waals surface area contributed by atoms with E-state index in [1.807, 2.05) is 0 Å². The summed E-state index contributed by atoms with van der Waals surface area (Å²) in [7, 11) is 0. The Morgan fingerprint density at radius 1 is 0.925 bits per heavy atom. The number of hydrogen-bond acceptors (Lipinski definition) is 18. The number of carbonyl (C=O) groups excluding carboxylic acids is 1. The van der Waals surface area contributed by atoms with Crippen LogP contribution in [0.25, 0.3) is 0 Å². The molecule has 0 aromatic carbocycles. The van der Waals surface area contributed by atoms with Gasteiger partial charge >= 0.3 is 0 Å². The zero-order valence-corrected chi connectivity index (χ0v) is 32.6. The van der Waals surface area contributed by atoms with Crippen LogP contribution in [0.3, 0.4) is 0 Å². The molecule has 0 saturated carbocycles. The summed E-state index contributed by atoms with van der Waals surface area (Å²) >= 11 is 4.10. The van der Waals surface area contributed by atoms with E-state index in [1.165, 1.54) is 6.92 Å². The Labute approximate surface area is 318 Å². The number of hydrogen-bond donors (Lipinski definition) is 12. The molecule has 1 amide bonds. The number of amides is 1. The number of aliphatic hydroxyl groups excluding tert-OH is 7. The summed E-state index contributed by atoms with van der Waals surface area (Å²) in [4.78, 5) is 11.8. The molecule has 2 heterocycles. The first-order valence-electron chi connectivity index (χ1n) is 18.7. The van der Waals surface area contributed by atoms with Gasteiger partial charge in [-0.05, 0) is 51.7 Å². The van der Waals surface area contributed by atoms with E-state index in [0.717, 1.165) is 0 Å². The largest absolute Gasteiger partial charge is 0.394 e. The van der Waals surface area contributed by atoms with Gasteiger partial charge in [0.1, 0.15) is 61.2 Å². The van der Waals surface area contributed by atoms with Crippen molar-refractivity contribution < 1.29 is 69.0 Å². The Hall–Kier alpha value is -0.820. The zero-order chi connectivity index (χ0) is 40.1. The second-order valence-corrected chi connectivity index (χ2v) is 14.7. The first kappa shape index (κ1) is 48.3. The van der Waals surface area contributed by atoms with E-state index in [0.29, 0.717) is 38.0 Å². The molecule has 53 heavy (non-hydrogen) atoms. The Bertz CT molecular complexity index is 1050. The van der Waals surface area contributed by atoms with Crippen LogP contribution in [-0.2, 0) is 33.2 Å². The van der Waals surface area contributed by atoms with Crippen LogP contribution in [-0.4, -0.2) is 177 Å². The average Bonchev–Trinajstić information content (AvgIpc) is 3.13. The number of rotatable bonds is 24. The summed E-state index contributed by atoms with van der Waals surface area (Å²) in [5.74, 6) is 0.520. The fourth-order valence-electron chi connectivity index (χ4n) is 6.60. The average molecular weight is 789 g/mol. The van der Waals surface area contributed by atoms with E-state index in [4.69, 9.17) is 45.6 Å². The fourth-order valence-corrected chi connectivity index (χ4v) is 6.76. The molecule has 2 rings (SSSR count). The summed E-state index contributed by atoms with van der Waals surface area (Å²) in [6, 6.07) is -2.15. The van der Waals surface area contributed by atoms with E-state index >= 15 is 0 Å². The first-order valence-corrected chi connectivity index (χ1v) is 19.3. The lowest BCUT2D eigenvalue weighted by molar-refractivity contribution is -0.286. The van der Waals surface area contributed by atoms with Crippen molar-refractivity contribution in [1.29, 1.82) is 0 Å². The lowest BCUT2D eigenvalue weighted by atomic mass is 9.83. The molecule has 14 N–H and O–H groups in total. The van der Waals surface area contributed by atoms with Crippen molar-refractivity contribution >= 4 is 18.5 Å². The topological polar surface area (TPSA) is 304 Å². The highest BCUT2D eigenvalue weighted by molar-refractivity contribution is 7.80.